The van der Waals surface area contributed by atoms with Gasteiger partial charge in [0.2, 0.25) is 5.91 Å². The summed E-state index contributed by atoms with van der Waals surface area (Å²) in [6, 6.07) is 11.7. The highest BCUT2D eigenvalue weighted by Crippen LogP contribution is 2.21. The lowest BCUT2D eigenvalue weighted by Gasteiger charge is -2.10. The van der Waals surface area contributed by atoms with Crippen LogP contribution in [-0.4, -0.2) is 12.5 Å². The number of hydrogen-bond acceptors (Lipinski definition) is 2. The van der Waals surface area contributed by atoms with Gasteiger partial charge in [-0.3, -0.25) is 4.79 Å². The van der Waals surface area contributed by atoms with Gasteiger partial charge in [-0.2, -0.15) is 0 Å². The number of carbonyl (C=O) groups is 1. The average Bonchev–Trinajstić information content (AvgIpc) is 2.50. The number of anilines is 1. The molecule has 2 rings (SSSR count). The van der Waals surface area contributed by atoms with Gasteiger partial charge in [0, 0.05) is 12.1 Å². The van der Waals surface area contributed by atoms with Crippen LogP contribution < -0.4 is 10.1 Å². The van der Waals surface area contributed by atoms with Gasteiger partial charge in [0.25, 0.3) is 0 Å². The maximum absolute atomic E-state index is 13.1. The van der Waals surface area contributed by atoms with E-state index in [0.717, 1.165) is 11.3 Å². The Bertz CT molecular complexity index is 661. The number of rotatable bonds is 6. The van der Waals surface area contributed by atoms with Crippen molar-refractivity contribution < 1.29 is 13.9 Å². The van der Waals surface area contributed by atoms with Crippen LogP contribution in [0.1, 0.15) is 18.9 Å². The summed E-state index contributed by atoms with van der Waals surface area (Å²) in [5, 5.41) is 2.69. The van der Waals surface area contributed by atoms with Crippen LogP contribution in [0.3, 0.4) is 0 Å². The van der Waals surface area contributed by atoms with E-state index in [1.807, 2.05) is 31.2 Å². The standard InChI is InChI=1S/C17H17ClFNO2/c1-2-22-16-6-4-3-5-12(16)7-10-17(21)20-13-8-9-15(19)14(18)11-13/h3-6,8-9,11H,2,7,10H2,1H3,(H,20,21). The first-order chi connectivity index (χ1) is 10.6. The van der Waals surface area contributed by atoms with Crippen molar-refractivity contribution >= 4 is 23.2 Å². The molecule has 0 heterocycles. The Labute approximate surface area is 134 Å². The van der Waals surface area contributed by atoms with Crippen LogP contribution in [-0.2, 0) is 11.2 Å². The van der Waals surface area contributed by atoms with E-state index in [1.54, 1.807) is 0 Å². The van der Waals surface area contributed by atoms with Gasteiger partial charge in [-0.05, 0) is 43.2 Å². The molecule has 0 bridgehead atoms. The minimum absolute atomic E-state index is 0.0144. The molecule has 0 atom stereocenters. The SMILES string of the molecule is CCOc1ccccc1CCC(=O)Nc1ccc(F)c(Cl)c1. The fourth-order valence-electron chi connectivity index (χ4n) is 2.05. The van der Waals surface area contributed by atoms with E-state index in [9.17, 15) is 9.18 Å². The molecule has 0 saturated carbocycles. The molecular weight excluding hydrogens is 305 g/mol. The zero-order chi connectivity index (χ0) is 15.9. The van der Waals surface area contributed by atoms with Crippen LogP contribution in [0.25, 0.3) is 0 Å². The Hall–Kier alpha value is -2.07. The monoisotopic (exact) mass is 321 g/mol. The van der Waals surface area contributed by atoms with Crippen molar-refractivity contribution in [1.82, 2.24) is 0 Å². The van der Waals surface area contributed by atoms with Crippen molar-refractivity contribution in [3.8, 4) is 5.75 Å². The van der Waals surface area contributed by atoms with E-state index in [0.29, 0.717) is 25.1 Å². The highest BCUT2D eigenvalue weighted by Gasteiger charge is 2.08. The Morgan fingerprint density at radius 1 is 1.27 bits per heavy atom. The topological polar surface area (TPSA) is 38.3 Å². The predicted molar refractivity (Wildman–Crippen MR) is 86.0 cm³/mol. The summed E-state index contributed by atoms with van der Waals surface area (Å²) in [7, 11) is 0. The van der Waals surface area contributed by atoms with Crippen LogP contribution >= 0.6 is 11.6 Å². The summed E-state index contributed by atoms with van der Waals surface area (Å²) in [4.78, 5) is 12.0. The number of nitrogens with one attached hydrogen (secondary N) is 1. The van der Waals surface area contributed by atoms with Crippen LogP contribution in [0, 0.1) is 5.82 Å². The number of carbonyl (C=O) groups excluding carboxylic acids is 1. The number of para-hydroxylation sites is 1. The van der Waals surface area contributed by atoms with Crippen molar-refractivity contribution in [3.05, 3.63) is 58.9 Å². The number of benzene rings is 2. The molecule has 3 nitrogen and oxygen atoms in total. The molecule has 116 valence electrons. The third kappa shape index (κ3) is 4.46. The highest BCUT2D eigenvalue weighted by atomic mass is 35.5. The third-order valence-electron chi connectivity index (χ3n) is 3.10. The highest BCUT2D eigenvalue weighted by molar-refractivity contribution is 6.31. The molecule has 2 aromatic carbocycles. The predicted octanol–water partition coefficient (Wildman–Crippen LogP) is 4.45. The zero-order valence-electron chi connectivity index (χ0n) is 12.2. The number of ether oxygens (including phenoxy) is 1. The average molecular weight is 322 g/mol. The Kier molecular flexibility index (Phi) is 5.78. The van der Waals surface area contributed by atoms with Crippen LogP contribution in [0.4, 0.5) is 10.1 Å². The normalized spacial score (nSPS) is 10.3. The Balaban J connectivity index is 1.94. The summed E-state index contributed by atoms with van der Waals surface area (Å²) >= 11 is 5.68. The lowest BCUT2D eigenvalue weighted by Crippen LogP contribution is -2.12. The van der Waals surface area contributed by atoms with Gasteiger partial charge in [-0.25, -0.2) is 4.39 Å². The number of aryl methyl sites for hydroxylation is 1. The molecule has 0 saturated heterocycles. The second kappa shape index (κ2) is 7.80. The number of amides is 1. The lowest BCUT2D eigenvalue weighted by atomic mass is 10.1. The van der Waals surface area contributed by atoms with Crippen LogP contribution in [0.5, 0.6) is 5.75 Å². The van der Waals surface area contributed by atoms with Gasteiger partial charge in [0.05, 0.1) is 11.6 Å². The Morgan fingerprint density at radius 3 is 2.77 bits per heavy atom. The maximum Gasteiger partial charge on any atom is 0.224 e. The molecule has 0 spiro atoms. The summed E-state index contributed by atoms with van der Waals surface area (Å²) in [6.07, 6.45) is 0.871. The molecule has 0 aliphatic rings. The molecule has 2 aromatic rings. The van der Waals surface area contributed by atoms with Gasteiger partial charge in [-0.1, -0.05) is 29.8 Å². The van der Waals surface area contributed by atoms with Gasteiger partial charge in [0.15, 0.2) is 0 Å². The molecule has 0 aromatic heterocycles. The second-order valence-corrected chi connectivity index (χ2v) is 5.12. The van der Waals surface area contributed by atoms with Gasteiger partial charge in [0.1, 0.15) is 11.6 Å². The number of halogens is 2. The Morgan fingerprint density at radius 2 is 2.05 bits per heavy atom. The van der Waals surface area contributed by atoms with Crippen LogP contribution in [0.15, 0.2) is 42.5 Å². The summed E-state index contributed by atoms with van der Waals surface area (Å²) < 4.78 is 18.6. The zero-order valence-corrected chi connectivity index (χ0v) is 13.0. The molecule has 0 fully saturated rings. The minimum Gasteiger partial charge on any atom is -0.494 e. The van der Waals surface area contributed by atoms with Crippen molar-refractivity contribution in [2.75, 3.05) is 11.9 Å². The molecule has 0 radical (unpaired) electrons. The summed E-state index contributed by atoms with van der Waals surface area (Å²) in [6.45, 7) is 2.50. The van der Waals surface area contributed by atoms with E-state index in [1.165, 1.54) is 18.2 Å². The van der Waals surface area contributed by atoms with E-state index >= 15 is 0 Å². The fourth-order valence-corrected chi connectivity index (χ4v) is 2.23. The summed E-state index contributed by atoms with van der Waals surface area (Å²) in [5.74, 6) is 0.127. The molecular formula is C17H17ClFNO2. The first-order valence-corrected chi connectivity index (χ1v) is 7.43. The van der Waals surface area contributed by atoms with Crippen molar-refractivity contribution in [2.45, 2.75) is 19.8 Å². The first-order valence-electron chi connectivity index (χ1n) is 7.05. The van der Waals surface area contributed by atoms with Crippen molar-refractivity contribution in [3.63, 3.8) is 0 Å². The second-order valence-electron chi connectivity index (χ2n) is 4.72. The number of hydrogen-bond donors (Lipinski definition) is 1. The van der Waals surface area contributed by atoms with E-state index in [4.69, 9.17) is 16.3 Å². The molecule has 0 aliphatic carbocycles. The molecule has 1 N–H and O–H groups in total. The fraction of sp³-hybridized carbons (Fsp3) is 0.235. The first kappa shape index (κ1) is 16.3. The summed E-state index contributed by atoms with van der Waals surface area (Å²) in [5.41, 5.74) is 1.46. The van der Waals surface area contributed by atoms with Crippen molar-refractivity contribution in [2.24, 2.45) is 0 Å². The molecule has 22 heavy (non-hydrogen) atoms. The van der Waals surface area contributed by atoms with E-state index in [2.05, 4.69) is 5.32 Å². The third-order valence-corrected chi connectivity index (χ3v) is 3.39. The van der Waals surface area contributed by atoms with Gasteiger partial charge in [-0.15, -0.1) is 0 Å². The molecule has 5 heteroatoms. The van der Waals surface area contributed by atoms with Gasteiger partial charge >= 0.3 is 0 Å². The maximum atomic E-state index is 13.1. The minimum atomic E-state index is -0.509. The van der Waals surface area contributed by atoms with Gasteiger partial charge < -0.3 is 10.1 Å². The smallest absolute Gasteiger partial charge is 0.224 e. The quantitative estimate of drug-likeness (QED) is 0.853. The molecule has 0 aliphatic heterocycles. The lowest BCUT2D eigenvalue weighted by molar-refractivity contribution is -0.116. The van der Waals surface area contributed by atoms with E-state index < -0.39 is 5.82 Å². The molecule has 1 amide bonds. The largest absolute Gasteiger partial charge is 0.494 e. The molecule has 0 unspecified atom stereocenters. The van der Waals surface area contributed by atoms with Crippen molar-refractivity contribution in [1.29, 1.82) is 0 Å². The van der Waals surface area contributed by atoms with Crippen LogP contribution in [0.2, 0.25) is 5.02 Å². The van der Waals surface area contributed by atoms with E-state index in [-0.39, 0.29) is 10.9 Å².